The van der Waals surface area contributed by atoms with Gasteiger partial charge in [-0.3, -0.25) is 0 Å². The molecule has 13 heavy (non-hydrogen) atoms. The second-order valence-corrected chi connectivity index (χ2v) is 3.18. The molecule has 1 aromatic rings. The second kappa shape index (κ2) is 3.93. The van der Waals surface area contributed by atoms with Gasteiger partial charge in [-0.15, -0.1) is 12.4 Å². The predicted molar refractivity (Wildman–Crippen MR) is 51.5 cm³/mol. The van der Waals surface area contributed by atoms with Crippen LogP contribution in [-0.2, 0) is 0 Å². The first-order chi connectivity index (χ1) is 5.77. The van der Waals surface area contributed by atoms with E-state index < -0.39 is 0 Å². The SMILES string of the molecule is CN(C)c1noc(C2CNC2)n1.Cl. The summed E-state index contributed by atoms with van der Waals surface area (Å²) in [6.07, 6.45) is 0. The summed E-state index contributed by atoms with van der Waals surface area (Å²) in [6, 6.07) is 0. The third-order valence-corrected chi connectivity index (χ3v) is 1.96. The number of hydrogen-bond acceptors (Lipinski definition) is 5. The molecule has 1 saturated heterocycles. The van der Waals surface area contributed by atoms with Crippen LogP contribution < -0.4 is 10.2 Å². The Hall–Kier alpha value is -0.810. The highest BCUT2D eigenvalue weighted by Gasteiger charge is 2.25. The molecule has 2 rings (SSSR count). The number of nitrogens with zero attached hydrogens (tertiary/aromatic N) is 3. The number of rotatable bonds is 2. The van der Waals surface area contributed by atoms with Crippen molar-refractivity contribution >= 4 is 18.4 Å². The van der Waals surface area contributed by atoms with Gasteiger partial charge in [0.25, 0.3) is 5.95 Å². The maximum absolute atomic E-state index is 5.09. The molecule has 1 aliphatic heterocycles. The van der Waals surface area contributed by atoms with E-state index in [-0.39, 0.29) is 12.4 Å². The molecule has 0 amide bonds. The van der Waals surface area contributed by atoms with Gasteiger partial charge in [-0.25, -0.2) is 0 Å². The molecule has 1 fully saturated rings. The van der Waals surface area contributed by atoms with Gasteiger partial charge in [-0.2, -0.15) is 4.98 Å². The topological polar surface area (TPSA) is 54.2 Å². The predicted octanol–water partition coefficient (Wildman–Crippen LogP) is 0.244. The quantitative estimate of drug-likeness (QED) is 0.748. The van der Waals surface area contributed by atoms with Crippen molar-refractivity contribution in [3.63, 3.8) is 0 Å². The molecule has 0 aliphatic carbocycles. The third kappa shape index (κ3) is 1.92. The number of aromatic nitrogens is 2. The van der Waals surface area contributed by atoms with Crippen LogP contribution in [0.3, 0.4) is 0 Å². The summed E-state index contributed by atoms with van der Waals surface area (Å²) in [6.45, 7) is 1.91. The average Bonchev–Trinajstić information content (AvgIpc) is 2.32. The van der Waals surface area contributed by atoms with Crippen molar-refractivity contribution < 1.29 is 4.52 Å². The summed E-state index contributed by atoms with van der Waals surface area (Å²) in [5.74, 6) is 1.82. The molecule has 0 saturated carbocycles. The minimum Gasteiger partial charge on any atom is -0.344 e. The second-order valence-electron chi connectivity index (χ2n) is 3.18. The first-order valence-electron chi connectivity index (χ1n) is 3.99. The number of hydrogen-bond donors (Lipinski definition) is 1. The van der Waals surface area contributed by atoms with Crippen LogP contribution in [0.1, 0.15) is 11.8 Å². The Morgan fingerprint density at radius 1 is 1.46 bits per heavy atom. The highest BCUT2D eigenvalue weighted by atomic mass is 35.5. The lowest BCUT2D eigenvalue weighted by atomic mass is 10.0. The summed E-state index contributed by atoms with van der Waals surface area (Å²) in [5, 5.41) is 6.99. The van der Waals surface area contributed by atoms with Crippen molar-refractivity contribution in [1.29, 1.82) is 0 Å². The van der Waals surface area contributed by atoms with E-state index in [2.05, 4.69) is 15.5 Å². The summed E-state index contributed by atoms with van der Waals surface area (Å²) in [5.41, 5.74) is 0. The van der Waals surface area contributed by atoms with Gasteiger partial charge in [-0.1, -0.05) is 0 Å². The first-order valence-corrected chi connectivity index (χ1v) is 3.99. The fraction of sp³-hybridized carbons (Fsp3) is 0.714. The van der Waals surface area contributed by atoms with Crippen LogP contribution in [-0.4, -0.2) is 37.3 Å². The highest BCUT2D eigenvalue weighted by Crippen LogP contribution is 2.19. The first kappa shape index (κ1) is 10.3. The largest absolute Gasteiger partial charge is 0.344 e. The zero-order valence-electron chi connectivity index (χ0n) is 7.65. The standard InChI is InChI=1S/C7H12N4O.ClH/c1-11(2)7-9-6(12-10-7)5-3-8-4-5;/h5,8H,3-4H2,1-2H3;1H. The van der Waals surface area contributed by atoms with Crippen LogP contribution in [0.5, 0.6) is 0 Å². The number of nitrogens with one attached hydrogen (secondary N) is 1. The van der Waals surface area contributed by atoms with Gasteiger partial charge in [0.2, 0.25) is 5.89 Å². The number of anilines is 1. The molecule has 2 heterocycles. The van der Waals surface area contributed by atoms with Crippen LogP contribution in [0.25, 0.3) is 0 Å². The van der Waals surface area contributed by atoms with Crippen molar-refractivity contribution in [2.75, 3.05) is 32.1 Å². The van der Waals surface area contributed by atoms with Crippen molar-refractivity contribution in [3.8, 4) is 0 Å². The smallest absolute Gasteiger partial charge is 0.265 e. The van der Waals surface area contributed by atoms with E-state index in [4.69, 9.17) is 4.52 Å². The molecule has 5 nitrogen and oxygen atoms in total. The molecule has 74 valence electrons. The Bertz CT molecular complexity index is 271. The normalized spacial score (nSPS) is 16.2. The minimum atomic E-state index is 0. The van der Waals surface area contributed by atoms with E-state index in [9.17, 15) is 0 Å². The van der Waals surface area contributed by atoms with E-state index in [0.717, 1.165) is 19.0 Å². The molecule has 6 heteroatoms. The zero-order chi connectivity index (χ0) is 8.55. The molecule has 0 atom stereocenters. The molecule has 0 aromatic carbocycles. The summed E-state index contributed by atoms with van der Waals surface area (Å²) in [4.78, 5) is 6.07. The van der Waals surface area contributed by atoms with Gasteiger partial charge in [0.05, 0.1) is 5.92 Å². The molecule has 0 spiro atoms. The Kier molecular flexibility index (Phi) is 3.11. The molecule has 1 aromatic heterocycles. The molecule has 1 N–H and O–H groups in total. The lowest BCUT2D eigenvalue weighted by Crippen LogP contribution is -2.40. The molecular weight excluding hydrogens is 192 g/mol. The van der Waals surface area contributed by atoms with Crippen LogP contribution in [0.2, 0.25) is 0 Å². The molecule has 0 unspecified atom stereocenters. The maximum Gasteiger partial charge on any atom is 0.265 e. The molecular formula is C7H13ClN4O. The van der Waals surface area contributed by atoms with E-state index in [1.165, 1.54) is 0 Å². The van der Waals surface area contributed by atoms with Gasteiger partial charge in [0.1, 0.15) is 0 Å². The van der Waals surface area contributed by atoms with Crippen molar-refractivity contribution in [2.24, 2.45) is 0 Å². The lowest BCUT2D eigenvalue weighted by molar-refractivity contribution is 0.308. The Balaban J connectivity index is 0.000000845. The summed E-state index contributed by atoms with van der Waals surface area (Å²) < 4.78 is 5.09. The van der Waals surface area contributed by atoms with Crippen LogP contribution in [0.15, 0.2) is 4.52 Å². The average molecular weight is 205 g/mol. The maximum atomic E-state index is 5.09. The van der Waals surface area contributed by atoms with Crippen LogP contribution in [0.4, 0.5) is 5.95 Å². The fourth-order valence-electron chi connectivity index (χ4n) is 1.04. The zero-order valence-corrected chi connectivity index (χ0v) is 8.47. The minimum absolute atomic E-state index is 0. The van der Waals surface area contributed by atoms with Crippen molar-refractivity contribution in [2.45, 2.75) is 5.92 Å². The van der Waals surface area contributed by atoms with Gasteiger partial charge in [0.15, 0.2) is 0 Å². The lowest BCUT2D eigenvalue weighted by Gasteiger charge is -2.22. The Morgan fingerprint density at radius 3 is 2.54 bits per heavy atom. The van der Waals surface area contributed by atoms with E-state index in [1.807, 2.05) is 19.0 Å². The third-order valence-electron chi connectivity index (χ3n) is 1.96. The Labute approximate surface area is 82.9 Å². The van der Waals surface area contributed by atoms with E-state index in [1.54, 1.807) is 0 Å². The monoisotopic (exact) mass is 204 g/mol. The van der Waals surface area contributed by atoms with Crippen molar-refractivity contribution in [1.82, 2.24) is 15.5 Å². The van der Waals surface area contributed by atoms with Crippen LogP contribution in [0, 0.1) is 0 Å². The summed E-state index contributed by atoms with van der Waals surface area (Å²) in [7, 11) is 3.79. The van der Waals surface area contributed by atoms with Gasteiger partial charge >= 0.3 is 0 Å². The molecule has 0 bridgehead atoms. The van der Waals surface area contributed by atoms with Gasteiger partial charge in [-0.05, 0) is 5.16 Å². The van der Waals surface area contributed by atoms with E-state index >= 15 is 0 Å². The molecule has 1 aliphatic rings. The fourth-order valence-corrected chi connectivity index (χ4v) is 1.04. The van der Waals surface area contributed by atoms with E-state index in [0.29, 0.717) is 11.9 Å². The van der Waals surface area contributed by atoms with Crippen molar-refractivity contribution in [3.05, 3.63) is 5.89 Å². The van der Waals surface area contributed by atoms with Crippen LogP contribution >= 0.6 is 12.4 Å². The van der Waals surface area contributed by atoms with Gasteiger partial charge in [0, 0.05) is 27.2 Å². The number of halogens is 1. The highest BCUT2D eigenvalue weighted by molar-refractivity contribution is 5.85. The van der Waals surface area contributed by atoms with Gasteiger partial charge < -0.3 is 14.7 Å². The molecule has 0 radical (unpaired) electrons. The summed E-state index contributed by atoms with van der Waals surface area (Å²) >= 11 is 0. The Morgan fingerprint density at radius 2 is 2.15 bits per heavy atom.